The highest BCUT2D eigenvalue weighted by atomic mass is 16.5. The van der Waals surface area contributed by atoms with Crippen LogP contribution in [0.15, 0.2) is 36.4 Å². The lowest BCUT2D eigenvalue weighted by molar-refractivity contribution is -0.139. The van der Waals surface area contributed by atoms with E-state index in [1.54, 1.807) is 30.4 Å². The second-order valence-corrected chi connectivity index (χ2v) is 4.80. The Morgan fingerprint density at radius 1 is 1.26 bits per heavy atom. The maximum absolute atomic E-state index is 12.0. The molecule has 0 radical (unpaired) electrons. The Hall–Kier alpha value is -2.89. The zero-order valence-corrected chi connectivity index (χ0v) is 12.9. The van der Waals surface area contributed by atoms with E-state index < -0.39 is 11.9 Å². The van der Waals surface area contributed by atoms with Crippen molar-refractivity contribution in [1.82, 2.24) is 4.90 Å². The fourth-order valence-corrected chi connectivity index (χ4v) is 2.16. The van der Waals surface area contributed by atoms with Crippen LogP contribution in [0.4, 0.5) is 0 Å². The maximum Gasteiger partial charge on any atom is 0.341 e. The summed E-state index contributed by atoms with van der Waals surface area (Å²) in [5.41, 5.74) is 0.890. The lowest BCUT2D eigenvalue weighted by atomic mass is 10.1. The number of esters is 1. The lowest BCUT2D eigenvalue weighted by Gasteiger charge is -2.19. The second kappa shape index (κ2) is 7.40. The summed E-state index contributed by atoms with van der Waals surface area (Å²) in [7, 11) is 2.74. The molecule has 6 nitrogen and oxygen atoms in total. The normalized spacial score (nSPS) is 14.2. The third-order valence-corrected chi connectivity index (χ3v) is 3.36. The Labute approximate surface area is 134 Å². The molecule has 1 heterocycles. The van der Waals surface area contributed by atoms with E-state index in [4.69, 9.17) is 9.47 Å². The van der Waals surface area contributed by atoms with Crippen LogP contribution in [0.1, 0.15) is 22.3 Å². The van der Waals surface area contributed by atoms with Gasteiger partial charge < -0.3 is 9.47 Å². The smallest absolute Gasteiger partial charge is 0.341 e. The average Bonchev–Trinajstić information content (AvgIpc) is 2.59. The molecule has 2 rings (SSSR count). The van der Waals surface area contributed by atoms with Gasteiger partial charge in [0.15, 0.2) is 0 Å². The van der Waals surface area contributed by atoms with E-state index in [-0.39, 0.29) is 11.5 Å². The molecule has 0 fully saturated rings. The van der Waals surface area contributed by atoms with Gasteiger partial charge in [0.1, 0.15) is 11.3 Å². The zero-order valence-electron chi connectivity index (χ0n) is 12.9. The van der Waals surface area contributed by atoms with Gasteiger partial charge in [-0.25, -0.2) is 4.79 Å². The van der Waals surface area contributed by atoms with Crippen LogP contribution in [0, 0.1) is 0 Å². The highest BCUT2D eigenvalue weighted by Gasteiger charge is 2.19. The first kappa shape index (κ1) is 16.5. The number of hydrogen-bond donors (Lipinski definition) is 0. The zero-order chi connectivity index (χ0) is 16.8. The van der Waals surface area contributed by atoms with Gasteiger partial charge in [0.25, 0.3) is 11.8 Å². The predicted molar refractivity (Wildman–Crippen MR) is 83.8 cm³/mol. The van der Waals surface area contributed by atoms with E-state index in [9.17, 15) is 14.4 Å². The van der Waals surface area contributed by atoms with Crippen LogP contribution in [0.5, 0.6) is 5.75 Å². The Morgan fingerprint density at radius 2 is 2.04 bits per heavy atom. The van der Waals surface area contributed by atoms with Crippen LogP contribution in [0.3, 0.4) is 0 Å². The van der Waals surface area contributed by atoms with Crippen molar-refractivity contribution < 1.29 is 23.9 Å². The Balaban J connectivity index is 2.19. The average molecular weight is 315 g/mol. The second-order valence-electron chi connectivity index (χ2n) is 4.80. The fraction of sp³-hybridized carbons (Fsp3) is 0.235. The van der Waals surface area contributed by atoms with Gasteiger partial charge in [0.05, 0.1) is 14.2 Å². The molecule has 1 aromatic carbocycles. The summed E-state index contributed by atoms with van der Waals surface area (Å²) in [6.45, 7) is 0.370. The van der Waals surface area contributed by atoms with Crippen LogP contribution in [-0.4, -0.2) is 43.4 Å². The van der Waals surface area contributed by atoms with Crippen LogP contribution in [0.25, 0.3) is 6.08 Å². The van der Waals surface area contributed by atoms with E-state index in [2.05, 4.69) is 0 Å². The molecule has 1 aliphatic rings. The van der Waals surface area contributed by atoms with Gasteiger partial charge in [-0.3, -0.25) is 14.5 Å². The maximum atomic E-state index is 12.0. The van der Waals surface area contributed by atoms with Crippen molar-refractivity contribution in [2.75, 3.05) is 20.8 Å². The molecule has 0 unspecified atom stereocenters. The highest BCUT2D eigenvalue weighted by Crippen LogP contribution is 2.21. The number of hydrogen-bond acceptors (Lipinski definition) is 5. The number of carbonyl (C=O) groups excluding carboxylic acids is 3. The van der Waals surface area contributed by atoms with Crippen molar-refractivity contribution in [2.45, 2.75) is 6.42 Å². The quantitative estimate of drug-likeness (QED) is 0.626. The number of rotatable bonds is 4. The highest BCUT2D eigenvalue weighted by molar-refractivity contribution is 6.07. The van der Waals surface area contributed by atoms with Gasteiger partial charge >= 0.3 is 5.97 Å². The van der Waals surface area contributed by atoms with E-state index in [1.807, 2.05) is 0 Å². The van der Waals surface area contributed by atoms with E-state index >= 15 is 0 Å². The Kier molecular flexibility index (Phi) is 5.30. The molecule has 0 atom stereocenters. The van der Waals surface area contributed by atoms with E-state index in [0.29, 0.717) is 24.3 Å². The molecule has 0 bridgehead atoms. The number of carbonyl (C=O) groups is 3. The Bertz CT molecular complexity index is 690. The summed E-state index contributed by atoms with van der Waals surface area (Å²) in [6.07, 6.45) is 6.63. The SMILES string of the molecule is COC(=O)c1cc(/C=C/C(=O)N2CCC=CC2=O)ccc1OC. The molecule has 1 aliphatic heterocycles. The fourth-order valence-electron chi connectivity index (χ4n) is 2.16. The first-order chi connectivity index (χ1) is 11.1. The molecule has 0 N–H and O–H groups in total. The van der Waals surface area contributed by atoms with Crippen molar-refractivity contribution >= 4 is 23.9 Å². The minimum atomic E-state index is -0.528. The molecule has 0 saturated heterocycles. The summed E-state index contributed by atoms with van der Waals surface area (Å²) in [5, 5.41) is 0. The molecule has 0 aliphatic carbocycles. The molecular weight excluding hydrogens is 298 g/mol. The molecular formula is C17H17NO5. The summed E-state index contributed by atoms with van der Waals surface area (Å²) in [5.74, 6) is -0.859. The Morgan fingerprint density at radius 3 is 2.70 bits per heavy atom. The van der Waals surface area contributed by atoms with Gasteiger partial charge in [-0.15, -0.1) is 0 Å². The van der Waals surface area contributed by atoms with Crippen LogP contribution in [-0.2, 0) is 14.3 Å². The standard InChI is InChI=1S/C17H17NO5/c1-22-14-8-6-12(11-13(14)17(21)23-2)7-9-16(20)18-10-4-3-5-15(18)19/h3,5-9,11H,4,10H2,1-2H3/b9-7+. The minimum Gasteiger partial charge on any atom is -0.496 e. The van der Waals surface area contributed by atoms with Gasteiger partial charge in [0.2, 0.25) is 0 Å². The minimum absolute atomic E-state index is 0.265. The third kappa shape index (κ3) is 3.85. The number of methoxy groups -OCH3 is 2. The molecule has 120 valence electrons. The number of nitrogens with zero attached hydrogens (tertiary/aromatic N) is 1. The number of benzene rings is 1. The molecule has 0 saturated carbocycles. The van der Waals surface area contributed by atoms with Gasteiger partial charge in [0, 0.05) is 12.6 Å². The van der Waals surface area contributed by atoms with Crippen molar-refractivity contribution in [2.24, 2.45) is 0 Å². The van der Waals surface area contributed by atoms with Crippen molar-refractivity contribution in [3.05, 3.63) is 47.6 Å². The summed E-state index contributed by atoms with van der Waals surface area (Å²) in [4.78, 5) is 36.6. The number of imide groups is 1. The predicted octanol–water partition coefficient (Wildman–Crippen LogP) is 1.81. The van der Waals surface area contributed by atoms with E-state index in [1.165, 1.54) is 31.3 Å². The summed E-state index contributed by atoms with van der Waals surface area (Å²) in [6, 6.07) is 4.88. The van der Waals surface area contributed by atoms with Crippen LogP contribution >= 0.6 is 0 Å². The van der Waals surface area contributed by atoms with Crippen molar-refractivity contribution in [3.63, 3.8) is 0 Å². The van der Waals surface area contributed by atoms with Crippen molar-refractivity contribution in [1.29, 1.82) is 0 Å². The van der Waals surface area contributed by atoms with Gasteiger partial charge in [-0.05, 0) is 36.3 Å². The molecule has 0 aromatic heterocycles. The topological polar surface area (TPSA) is 72.9 Å². The van der Waals surface area contributed by atoms with Crippen molar-refractivity contribution in [3.8, 4) is 5.75 Å². The molecule has 6 heteroatoms. The monoisotopic (exact) mass is 315 g/mol. The number of amides is 2. The molecule has 1 aromatic rings. The van der Waals surface area contributed by atoms with Crippen LogP contribution in [0.2, 0.25) is 0 Å². The molecule has 23 heavy (non-hydrogen) atoms. The summed E-state index contributed by atoms with van der Waals surface area (Å²) >= 11 is 0. The van der Waals surface area contributed by atoms with Gasteiger partial charge in [-0.1, -0.05) is 12.1 Å². The first-order valence-corrected chi connectivity index (χ1v) is 7.03. The lowest BCUT2D eigenvalue weighted by Crippen LogP contribution is -2.37. The van der Waals surface area contributed by atoms with Crippen LogP contribution < -0.4 is 4.74 Å². The van der Waals surface area contributed by atoms with Gasteiger partial charge in [-0.2, -0.15) is 0 Å². The third-order valence-electron chi connectivity index (χ3n) is 3.36. The molecule has 0 spiro atoms. The van der Waals surface area contributed by atoms with E-state index in [0.717, 1.165) is 0 Å². The summed E-state index contributed by atoms with van der Waals surface area (Å²) < 4.78 is 9.80. The molecule has 2 amide bonds. The number of ether oxygens (including phenoxy) is 2. The largest absolute Gasteiger partial charge is 0.496 e. The first-order valence-electron chi connectivity index (χ1n) is 7.03.